The van der Waals surface area contributed by atoms with E-state index in [4.69, 9.17) is 0 Å². The molecular weight excluding hydrogens is 711 g/mol. The first-order chi connectivity index (χ1) is 28.7. The molecule has 0 spiro atoms. The summed E-state index contributed by atoms with van der Waals surface area (Å²) in [6, 6.07) is 60.2. The minimum absolute atomic E-state index is 0.108. The van der Waals surface area contributed by atoms with Crippen LogP contribution in [0.25, 0.3) is 44.5 Å². The number of benzene rings is 7. The minimum Gasteiger partial charge on any atom is -0.310 e. The Morgan fingerprint density at radius 1 is 0.390 bits per heavy atom. The third kappa shape index (κ3) is 5.29. The summed E-state index contributed by atoms with van der Waals surface area (Å²) >= 11 is 0. The summed E-state index contributed by atoms with van der Waals surface area (Å²) in [5, 5.41) is 0. The molecule has 7 aromatic rings. The smallest absolute Gasteiger partial charge is 0.0540 e. The Labute approximate surface area is 350 Å². The molecular formula is C58H53N. The molecule has 4 saturated carbocycles. The van der Waals surface area contributed by atoms with Crippen LogP contribution in [0.1, 0.15) is 94.0 Å². The fourth-order valence-electron chi connectivity index (χ4n) is 13.3. The second-order valence-electron chi connectivity index (χ2n) is 20.0. The number of rotatable bonds is 6. The highest BCUT2D eigenvalue weighted by molar-refractivity contribution is 5.94. The lowest BCUT2D eigenvalue weighted by Gasteiger charge is -2.57. The highest BCUT2D eigenvalue weighted by atomic mass is 15.1. The van der Waals surface area contributed by atoms with E-state index in [0.29, 0.717) is 5.41 Å². The van der Waals surface area contributed by atoms with Crippen LogP contribution in [0.3, 0.4) is 0 Å². The summed E-state index contributed by atoms with van der Waals surface area (Å²) < 4.78 is 0. The number of anilines is 3. The van der Waals surface area contributed by atoms with Crippen molar-refractivity contribution in [2.75, 3.05) is 4.90 Å². The van der Waals surface area contributed by atoms with Gasteiger partial charge in [-0.05, 0) is 165 Å². The lowest BCUT2D eigenvalue weighted by molar-refractivity contribution is -0.00522. The summed E-state index contributed by atoms with van der Waals surface area (Å²) in [5.74, 6) is 2.82. The SMILES string of the molecule is CC1(C)c2ccccc2-c2ccc(N(c3ccc4c(c3)C(C)(C)c3cc(C56CC7CC(CC(C7)C5)C6)ccc3-4)c3ccc(-c4ccccc4)cc3-c3ccccc3)cc21. The van der Waals surface area contributed by atoms with Crippen LogP contribution in [0, 0.1) is 17.8 Å². The number of hydrogen-bond acceptors (Lipinski definition) is 1. The van der Waals surface area contributed by atoms with E-state index in [-0.39, 0.29) is 10.8 Å². The molecule has 13 rings (SSSR count). The van der Waals surface area contributed by atoms with Gasteiger partial charge in [0.25, 0.3) is 0 Å². The highest BCUT2D eigenvalue weighted by Gasteiger charge is 2.52. The molecule has 0 atom stereocenters. The molecule has 0 saturated heterocycles. The van der Waals surface area contributed by atoms with Gasteiger partial charge in [0.05, 0.1) is 5.69 Å². The second kappa shape index (κ2) is 12.7. The summed E-state index contributed by atoms with van der Waals surface area (Å²) in [5.41, 5.74) is 21.5. The van der Waals surface area contributed by atoms with Crippen molar-refractivity contribution in [3.63, 3.8) is 0 Å². The summed E-state index contributed by atoms with van der Waals surface area (Å²) in [6.45, 7) is 9.74. The van der Waals surface area contributed by atoms with Gasteiger partial charge in [-0.15, -0.1) is 0 Å². The van der Waals surface area contributed by atoms with Crippen LogP contribution >= 0.6 is 0 Å². The predicted octanol–water partition coefficient (Wildman–Crippen LogP) is 15.6. The molecule has 0 unspecified atom stereocenters. The summed E-state index contributed by atoms with van der Waals surface area (Å²) in [4.78, 5) is 2.55. The van der Waals surface area contributed by atoms with E-state index in [1.165, 1.54) is 122 Å². The second-order valence-corrected chi connectivity index (χ2v) is 20.0. The van der Waals surface area contributed by atoms with E-state index in [0.717, 1.165) is 17.8 Å². The molecule has 6 aliphatic carbocycles. The van der Waals surface area contributed by atoms with Crippen LogP contribution in [0.5, 0.6) is 0 Å². The molecule has 0 aromatic heterocycles. The van der Waals surface area contributed by atoms with Gasteiger partial charge in [-0.2, -0.15) is 0 Å². The van der Waals surface area contributed by atoms with E-state index in [1.54, 1.807) is 5.56 Å². The van der Waals surface area contributed by atoms with Crippen molar-refractivity contribution in [1.29, 1.82) is 0 Å². The van der Waals surface area contributed by atoms with E-state index < -0.39 is 0 Å². The molecule has 59 heavy (non-hydrogen) atoms. The Balaban J connectivity index is 1.03. The van der Waals surface area contributed by atoms with Crippen molar-refractivity contribution in [3.05, 3.63) is 186 Å². The molecule has 290 valence electrons. The zero-order chi connectivity index (χ0) is 39.7. The Hall–Kier alpha value is -5.66. The van der Waals surface area contributed by atoms with Gasteiger partial charge in [-0.25, -0.2) is 0 Å². The van der Waals surface area contributed by atoms with Gasteiger partial charge in [-0.3, -0.25) is 0 Å². The summed E-state index contributed by atoms with van der Waals surface area (Å²) in [6.07, 6.45) is 8.65. The molecule has 1 heteroatoms. The molecule has 0 N–H and O–H groups in total. The van der Waals surface area contributed by atoms with Crippen molar-refractivity contribution in [2.45, 2.75) is 82.5 Å². The first-order valence-corrected chi connectivity index (χ1v) is 22.3. The maximum absolute atomic E-state index is 2.68. The Kier molecular flexibility index (Phi) is 7.58. The molecule has 0 amide bonds. The Bertz CT molecular complexity index is 2770. The van der Waals surface area contributed by atoms with Crippen LogP contribution in [-0.4, -0.2) is 0 Å². The van der Waals surface area contributed by atoms with Gasteiger partial charge in [0.2, 0.25) is 0 Å². The van der Waals surface area contributed by atoms with Gasteiger partial charge in [-0.1, -0.05) is 149 Å². The van der Waals surface area contributed by atoms with E-state index in [2.05, 4.69) is 190 Å². The number of hydrogen-bond donors (Lipinski definition) is 0. The Morgan fingerprint density at radius 2 is 0.881 bits per heavy atom. The van der Waals surface area contributed by atoms with Crippen molar-refractivity contribution in [2.24, 2.45) is 17.8 Å². The first-order valence-electron chi connectivity index (χ1n) is 22.3. The number of fused-ring (bicyclic) bond motifs is 6. The van der Waals surface area contributed by atoms with Gasteiger partial charge < -0.3 is 4.90 Å². The van der Waals surface area contributed by atoms with Crippen LogP contribution in [0.4, 0.5) is 17.1 Å². The molecule has 4 fully saturated rings. The Morgan fingerprint density at radius 3 is 1.49 bits per heavy atom. The predicted molar refractivity (Wildman–Crippen MR) is 247 cm³/mol. The van der Waals surface area contributed by atoms with Crippen molar-refractivity contribution < 1.29 is 0 Å². The maximum atomic E-state index is 2.68. The van der Waals surface area contributed by atoms with Gasteiger partial charge in [0, 0.05) is 27.8 Å². The van der Waals surface area contributed by atoms with Crippen LogP contribution in [-0.2, 0) is 16.2 Å². The highest BCUT2D eigenvalue weighted by Crippen LogP contribution is 2.62. The molecule has 0 radical (unpaired) electrons. The first kappa shape index (κ1) is 35.3. The largest absolute Gasteiger partial charge is 0.310 e. The van der Waals surface area contributed by atoms with Crippen LogP contribution in [0.2, 0.25) is 0 Å². The van der Waals surface area contributed by atoms with E-state index in [9.17, 15) is 0 Å². The normalized spacial score (nSPS) is 23.4. The zero-order valence-corrected chi connectivity index (χ0v) is 34.9. The molecule has 6 aliphatic rings. The quantitative estimate of drug-likeness (QED) is 0.163. The van der Waals surface area contributed by atoms with E-state index >= 15 is 0 Å². The lowest BCUT2D eigenvalue weighted by Crippen LogP contribution is -2.48. The maximum Gasteiger partial charge on any atom is 0.0540 e. The fraction of sp³-hybridized carbons (Fsp3) is 0.276. The summed E-state index contributed by atoms with van der Waals surface area (Å²) in [7, 11) is 0. The topological polar surface area (TPSA) is 3.24 Å². The number of nitrogens with zero attached hydrogens (tertiary/aromatic N) is 1. The standard InChI is InChI=1S/C58H53N/c1-56(2)51-18-12-11-17-46(51)48-24-21-44(32-53(48)56)59(55-26-19-42(40-13-7-5-8-14-40)30-50(55)41-15-9-6-10-16-41)45-22-25-49-47-23-20-43(31-52(47)57(3,4)54(49)33-45)58-34-37-27-38(35-58)29-39(28-37)36-58/h5-26,30-33,37-39H,27-29,34-36H2,1-4H3. The van der Waals surface area contributed by atoms with Gasteiger partial charge >= 0.3 is 0 Å². The average Bonchev–Trinajstić information content (AvgIpc) is 3.62. The molecule has 0 heterocycles. The van der Waals surface area contributed by atoms with Gasteiger partial charge in [0.15, 0.2) is 0 Å². The van der Waals surface area contributed by atoms with E-state index in [1.807, 2.05) is 0 Å². The van der Waals surface area contributed by atoms with Crippen LogP contribution < -0.4 is 4.90 Å². The van der Waals surface area contributed by atoms with Crippen molar-refractivity contribution >= 4 is 17.1 Å². The third-order valence-electron chi connectivity index (χ3n) is 15.8. The van der Waals surface area contributed by atoms with Crippen molar-refractivity contribution in [3.8, 4) is 44.5 Å². The lowest BCUT2D eigenvalue weighted by atomic mass is 9.48. The van der Waals surface area contributed by atoms with Crippen LogP contribution in [0.15, 0.2) is 158 Å². The van der Waals surface area contributed by atoms with Gasteiger partial charge in [0.1, 0.15) is 0 Å². The van der Waals surface area contributed by atoms with Crippen molar-refractivity contribution in [1.82, 2.24) is 0 Å². The minimum atomic E-state index is -0.119. The molecule has 4 bridgehead atoms. The third-order valence-corrected chi connectivity index (χ3v) is 15.8. The monoisotopic (exact) mass is 763 g/mol. The fourth-order valence-corrected chi connectivity index (χ4v) is 13.3. The molecule has 7 aromatic carbocycles. The molecule has 1 nitrogen and oxygen atoms in total. The average molecular weight is 764 g/mol. The molecule has 0 aliphatic heterocycles. The zero-order valence-electron chi connectivity index (χ0n) is 34.9.